The minimum absolute atomic E-state index is 0.0758. The first-order chi connectivity index (χ1) is 11.5. The number of aromatic nitrogens is 2. The predicted molar refractivity (Wildman–Crippen MR) is 89.8 cm³/mol. The van der Waals surface area contributed by atoms with Gasteiger partial charge in [-0.3, -0.25) is 9.59 Å². The maximum atomic E-state index is 13.1. The van der Waals surface area contributed by atoms with E-state index in [1.165, 1.54) is 22.9 Å². The van der Waals surface area contributed by atoms with Crippen LogP contribution in [0.5, 0.6) is 0 Å². The third kappa shape index (κ3) is 3.82. The molecule has 1 aliphatic carbocycles. The number of benzene rings is 1. The number of carbonyl (C=O) groups is 1. The Morgan fingerprint density at radius 3 is 2.83 bits per heavy atom. The van der Waals surface area contributed by atoms with Crippen molar-refractivity contribution in [3.05, 3.63) is 56.7 Å². The fourth-order valence-electron chi connectivity index (χ4n) is 2.80. The van der Waals surface area contributed by atoms with Gasteiger partial charge in [0.05, 0.1) is 10.7 Å². The number of fused-ring (bicyclic) bond motifs is 1. The van der Waals surface area contributed by atoms with Crippen LogP contribution < -0.4 is 10.9 Å². The Balaban J connectivity index is 1.75. The lowest BCUT2D eigenvalue weighted by Gasteiger charge is -2.10. The van der Waals surface area contributed by atoms with E-state index in [-0.39, 0.29) is 17.1 Å². The molecule has 0 aliphatic heterocycles. The lowest BCUT2D eigenvalue weighted by Crippen LogP contribution is -2.30. The largest absolute Gasteiger partial charge is 0.324 e. The van der Waals surface area contributed by atoms with Gasteiger partial charge in [-0.15, -0.1) is 0 Å². The zero-order chi connectivity index (χ0) is 17.1. The minimum atomic E-state index is -0.557. The van der Waals surface area contributed by atoms with Crippen molar-refractivity contribution in [2.75, 3.05) is 5.32 Å². The summed E-state index contributed by atoms with van der Waals surface area (Å²) in [7, 11) is 0. The summed E-state index contributed by atoms with van der Waals surface area (Å²) in [6.07, 6.45) is 4.91. The van der Waals surface area contributed by atoms with E-state index in [4.69, 9.17) is 11.6 Å². The summed E-state index contributed by atoms with van der Waals surface area (Å²) in [5, 5.41) is 6.86. The van der Waals surface area contributed by atoms with Gasteiger partial charge < -0.3 is 5.32 Å². The van der Waals surface area contributed by atoms with Gasteiger partial charge in [0.1, 0.15) is 12.4 Å². The highest BCUT2D eigenvalue weighted by molar-refractivity contribution is 6.31. The highest BCUT2D eigenvalue weighted by atomic mass is 35.5. The summed E-state index contributed by atoms with van der Waals surface area (Å²) >= 11 is 5.68. The number of amides is 1. The fraction of sp³-hybridized carbons (Fsp3) is 0.353. The first-order valence-corrected chi connectivity index (χ1v) is 8.25. The van der Waals surface area contributed by atoms with Crippen molar-refractivity contribution in [3.63, 3.8) is 0 Å². The van der Waals surface area contributed by atoms with E-state index in [0.717, 1.165) is 43.4 Å². The molecule has 1 N–H and O–H groups in total. The number of carbonyl (C=O) groups excluding carboxylic acids is 1. The molecule has 1 aliphatic rings. The van der Waals surface area contributed by atoms with Crippen molar-refractivity contribution in [3.8, 4) is 0 Å². The number of nitrogens with zero attached hydrogens (tertiary/aromatic N) is 2. The maximum Gasteiger partial charge on any atom is 0.267 e. The molecule has 0 atom stereocenters. The summed E-state index contributed by atoms with van der Waals surface area (Å²) in [5.74, 6) is -0.973. The maximum absolute atomic E-state index is 13.1. The Hall–Kier alpha value is -2.21. The second kappa shape index (κ2) is 7.13. The third-order valence-electron chi connectivity index (χ3n) is 4.02. The van der Waals surface area contributed by atoms with Crippen molar-refractivity contribution in [1.29, 1.82) is 0 Å². The van der Waals surface area contributed by atoms with Crippen LogP contribution in [0.2, 0.25) is 5.02 Å². The van der Waals surface area contributed by atoms with Gasteiger partial charge in [0.25, 0.3) is 5.56 Å². The smallest absolute Gasteiger partial charge is 0.267 e. The van der Waals surface area contributed by atoms with Crippen LogP contribution in [-0.2, 0) is 24.2 Å². The van der Waals surface area contributed by atoms with E-state index in [0.29, 0.717) is 5.69 Å². The quantitative estimate of drug-likeness (QED) is 0.866. The van der Waals surface area contributed by atoms with Crippen LogP contribution in [0.1, 0.15) is 30.5 Å². The molecule has 1 aromatic heterocycles. The molecule has 0 saturated heterocycles. The standard InChI is InChI=1S/C17H17ClFN3O2/c18-13-9-12(6-7-14(13)19)20-16(23)10-22-17(24)8-11-4-2-1-3-5-15(11)21-22/h6-9H,1-5,10H2,(H,20,23). The van der Waals surface area contributed by atoms with Crippen molar-refractivity contribution >= 4 is 23.2 Å². The van der Waals surface area contributed by atoms with Crippen LogP contribution in [-0.4, -0.2) is 15.7 Å². The Morgan fingerprint density at radius 1 is 1.25 bits per heavy atom. The van der Waals surface area contributed by atoms with Gasteiger partial charge in [0, 0.05) is 11.8 Å². The molecule has 0 bridgehead atoms. The monoisotopic (exact) mass is 349 g/mol. The second-order valence-electron chi connectivity index (χ2n) is 5.85. The highest BCUT2D eigenvalue weighted by Gasteiger charge is 2.14. The number of nitrogens with one attached hydrogen (secondary N) is 1. The SMILES string of the molecule is O=C(Cn1nc2c(cc1=O)CCCCC2)Nc1ccc(F)c(Cl)c1. The van der Waals surface area contributed by atoms with Crippen molar-refractivity contribution in [1.82, 2.24) is 9.78 Å². The molecule has 0 radical (unpaired) electrons. The van der Waals surface area contributed by atoms with Crippen molar-refractivity contribution in [2.45, 2.75) is 38.6 Å². The van der Waals surface area contributed by atoms with E-state index >= 15 is 0 Å². The summed E-state index contributed by atoms with van der Waals surface area (Å²) in [6.45, 7) is -0.193. The van der Waals surface area contributed by atoms with Crippen LogP contribution in [0.3, 0.4) is 0 Å². The average molecular weight is 350 g/mol. The summed E-state index contributed by atoms with van der Waals surface area (Å²) in [6, 6.07) is 5.48. The van der Waals surface area contributed by atoms with Crippen LogP contribution in [0, 0.1) is 5.82 Å². The first-order valence-electron chi connectivity index (χ1n) is 7.88. The second-order valence-corrected chi connectivity index (χ2v) is 6.26. The average Bonchev–Trinajstić information content (AvgIpc) is 2.76. The molecule has 126 valence electrons. The summed E-state index contributed by atoms with van der Waals surface area (Å²) in [4.78, 5) is 24.3. The Bertz CT molecular complexity index is 835. The van der Waals surface area contributed by atoms with E-state index in [2.05, 4.69) is 10.4 Å². The van der Waals surface area contributed by atoms with Crippen LogP contribution in [0.15, 0.2) is 29.1 Å². The molecule has 0 spiro atoms. The van der Waals surface area contributed by atoms with Crippen molar-refractivity contribution in [2.24, 2.45) is 0 Å². The number of halogens is 2. The third-order valence-corrected chi connectivity index (χ3v) is 4.31. The molecule has 2 aromatic rings. The van der Waals surface area contributed by atoms with Gasteiger partial charge in [0.2, 0.25) is 5.91 Å². The van der Waals surface area contributed by atoms with E-state index in [1.807, 2.05) is 0 Å². The van der Waals surface area contributed by atoms with Gasteiger partial charge in [-0.25, -0.2) is 9.07 Å². The van der Waals surface area contributed by atoms with Gasteiger partial charge in [-0.1, -0.05) is 18.0 Å². The number of aryl methyl sites for hydroxylation is 2. The van der Waals surface area contributed by atoms with Gasteiger partial charge in [-0.05, 0) is 49.4 Å². The van der Waals surface area contributed by atoms with Gasteiger partial charge in [-0.2, -0.15) is 5.10 Å². The molecular weight excluding hydrogens is 333 g/mol. The molecule has 5 nitrogen and oxygen atoms in total. The molecule has 3 rings (SSSR count). The van der Waals surface area contributed by atoms with Crippen molar-refractivity contribution < 1.29 is 9.18 Å². The molecule has 1 amide bonds. The molecule has 0 unspecified atom stereocenters. The Kier molecular flexibility index (Phi) is 4.94. The normalized spacial score (nSPS) is 13.9. The summed E-state index contributed by atoms with van der Waals surface area (Å²) in [5.41, 5.74) is 1.96. The zero-order valence-corrected chi connectivity index (χ0v) is 13.8. The number of rotatable bonds is 3. The van der Waals surface area contributed by atoms with Gasteiger partial charge in [0.15, 0.2) is 0 Å². The molecule has 1 heterocycles. The molecule has 1 aromatic carbocycles. The lowest BCUT2D eigenvalue weighted by atomic mass is 10.1. The molecule has 7 heteroatoms. The van der Waals surface area contributed by atoms with Crippen LogP contribution >= 0.6 is 11.6 Å². The molecule has 0 fully saturated rings. The number of hydrogen-bond acceptors (Lipinski definition) is 3. The topological polar surface area (TPSA) is 64.0 Å². The molecule has 0 saturated carbocycles. The van der Waals surface area contributed by atoms with E-state index in [9.17, 15) is 14.0 Å². The lowest BCUT2D eigenvalue weighted by molar-refractivity contribution is -0.117. The highest BCUT2D eigenvalue weighted by Crippen LogP contribution is 2.19. The fourth-order valence-corrected chi connectivity index (χ4v) is 2.98. The molecular formula is C17H17ClFN3O2. The minimum Gasteiger partial charge on any atom is -0.324 e. The van der Waals surface area contributed by atoms with E-state index < -0.39 is 11.7 Å². The molecule has 24 heavy (non-hydrogen) atoms. The number of hydrogen-bond donors (Lipinski definition) is 1. The van der Waals surface area contributed by atoms with Crippen LogP contribution in [0.4, 0.5) is 10.1 Å². The zero-order valence-electron chi connectivity index (χ0n) is 13.0. The number of anilines is 1. The van der Waals surface area contributed by atoms with Gasteiger partial charge >= 0.3 is 0 Å². The first kappa shape index (κ1) is 16.6. The van der Waals surface area contributed by atoms with E-state index in [1.54, 1.807) is 6.07 Å². The summed E-state index contributed by atoms with van der Waals surface area (Å²) < 4.78 is 14.3. The Morgan fingerprint density at radius 2 is 2.04 bits per heavy atom. The van der Waals surface area contributed by atoms with Crippen LogP contribution in [0.25, 0.3) is 0 Å². The predicted octanol–water partition coefficient (Wildman–Crippen LogP) is 2.94. The Labute approximate surface area is 143 Å².